The maximum atomic E-state index is 13.4. The van der Waals surface area contributed by atoms with E-state index in [0.717, 1.165) is 12.8 Å². The van der Waals surface area contributed by atoms with Crippen LogP contribution in [0.15, 0.2) is 22.7 Å². The second-order valence-electron chi connectivity index (χ2n) is 5.11. The first-order valence-electron chi connectivity index (χ1n) is 6.53. The Balaban J connectivity index is 2.09. The molecular formula is C14H18BrFN2O. The molecule has 0 aromatic heterocycles. The Hall–Kier alpha value is -0.940. The normalized spacial score (nSPS) is 24.2. The van der Waals surface area contributed by atoms with Crippen LogP contribution in [0, 0.1) is 5.82 Å². The van der Waals surface area contributed by atoms with Crippen molar-refractivity contribution in [3.63, 3.8) is 0 Å². The van der Waals surface area contributed by atoms with Crippen LogP contribution in [0.2, 0.25) is 0 Å². The largest absolute Gasteiger partial charge is 0.284 e. The molecule has 104 valence electrons. The lowest BCUT2D eigenvalue weighted by Gasteiger charge is -2.38. The summed E-state index contributed by atoms with van der Waals surface area (Å²) >= 11 is 3.08. The van der Waals surface area contributed by atoms with E-state index in [1.807, 2.05) is 5.01 Å². The van der Waals surface area contributed by atoms with E-state index in [2.05, 4.69) is 35.2 Å². The number of carbonyl (C=O) groups is 1. The summed E-state index contributed by atoms with van der Waals surface area (Å²) < 4.78 is 13.8. The minimum absolute atomic E-state index is 0.257. The number of hydrogen-bond acceptors (Lipinski definition) is 2. The van der Waals surface area contributed by atoms with Crippen molar-refractivity contribution in [2.75, 3.05) is 0 Å². The van der Waals surface area contributed by atoms with Crippen molar-refractivity contribution in [1.82, 2.24) is 10.4 Å². The van der Waals surface area contributed by atoms with Gasteiger partial charge >= 0.3 is 0 Å². The topological polar surface area (TPSA) is 32.3 Å². The number of benzene rings is 1. The summed E-state index contributed by atoms with van der Waals surface area (Å²) in [6.07, 6.45) is 3.32. The van der Waals surface area contributed by atoms with Crippen molar-refractivity contribution in [1.29, 1.82) is 0 Å². The van der Waals surface area contributed by atoms with E-state index >= 15 is 0 Å². The highest BCUT2D eigenvalue weighted by Gasteiger charge is 2.26. The standard InChI is InChI=1S/C14H18BrFN2O/c1-9-4-3-5-10(2)18(9)17-14(19)11-6-7-12(15)13(16)8-11/h6-10H,3-5H2,1-2H3,(H,17,19). The quantitative estimate of drug-likeness (QED) is 0.901. The summed E-state index contributed by atoms with van der Waals surface area (Å²) in [6.45, 7) is 4.19. The summed E-state index contributed by atoms with van der Waals surface area (Å²) in [7, 11) is 0. The SMILES string of the molecule is CC1CCCC(C)N1NC(=O)c1ccc(Br)c(F)c1. The van der Waals surface area contributed by atoms with Gasteiger partial charge in [0.1, 0.15) is 5.82 Å². The second kappa shape index (κ2) is 6.01. The molecule has 0 bridgehead atoms. The summed E-state index contributed by atoms with van der Waals surface area (Å²) in [5.41, 5.74) is 3.23. The molecule has 2 rings (SSSR count). The Morgan fingerprint density at radius 1 is 1.37 bits per heavy atom. The molecule has 1 N–H and O–H groups in total. The lowest BCUT2D eigenvalue weighted by molar-refractivity contribution is 0.0369. The summed E-state index contributed by atoms with van der Waals surface area (Å²) in [5, 5.41) is 1.98. The molecule has 2 unspecified atom stereocenters. The molecule has 1 fully saturated rings. The molecule has 0 saturated carbocycles. The molecule has 0 spiro atoms. The minimum Gasteiger partial charge on any atom is -0.284 e. The molecule has 1 heterocycles. The number of hydrazine groups is 1. The molecule has 2 atom stereocenters. The first kappa shape index (κ1) is 14.5. The molecule has 0 aliphatic carbocycles. The number of halogens is 2. The summed E-state index contributed by atoms with van der Waals surface area (Å²) in [4.78, 5) is 12.1. The van der Waals surface area contributed by atoms with E-state index in [4.69, 9.17) is 0 Å². The highest BCUT2D eigenvalue weighted by atomic mass is 79.9. The van der Waals surface area contributed by atoms with E-state index in [9.17, 15) is 9.18 Å². The van der Waals surface area contributed by atoms with Crippen LogP contribution < -0.4 is 5.43 Å². The number of carbonyl (C=O) groups excluding carboxylic acids is 1. The van der Waals surface area contributed by atoms with E-state index in [1.165, 1.54) is 12.5 Å². The molecule has 3 nitrogen and oxygen atoms in total. The Kier molecular flexibility index (Phi) is 4.58. The maximum absolute atomic E-state index is 13.4. The van der Waals surface area contributed by atoms with E-state index in [-0.39, 0.29) is 5.91 Å². The van der Waals surface area contributed by atoms with Gasteiger partial charge in [-0.15, -0.1) is 0 Å². The second-order valence-corrected chi connectivity index (χ2v) is 5.96. The third-order valence-electron chi connectivity index (χ3n) is 3.61. The van der Waals surface area contributed by atoms with Crippen molar-refractivity contribution in [2.24, 2.45) is 0 Å². The zero-order valence-electron chi connectivity index (χ0n) is 11.1. The fraction of sp³-hybridized carbons (Fsp3) is 0.500. The van der Waals surface area contributed by atoms with Gasteiger partial charge < -0.3 is 0 Å². The molecule has 1 aliphatic heterocycles. The molecule has 19 heavy (non-hydrogen) atoms. The van der Waals surface area contributed by atoms with Crippen molar-refractivity contribution in [3.05, 3.63) is 34.1 Å². The molecular weight excluding hydrogens is 311 g/mol. The van der Waals surface area contributed by atoms with Gasteiger partial charge in [0.05, 0.1) is 4.47 Å². The zero-order valence-corrected chi connectivity index (χ0v) is 12.7. The first-order valence-corrected chi connectivity index (χ1v) is 7.32. The number of hydrogen-bond donors (Lipinski definition) is 1. The zero-order chi connectivity index (χ0) is 14.0. The lowest BCUT2D eigenvalue weighted by atomic mass is 10.00. The molecule has 1 saturated heterocycles. The van der Waals surface area contributed by atoms with E-state index in [1.54, 1.807) is 12.1 Å². The van der Waals surface area contributed by atoms with Crippen molar-refractivity contribution in [2.45, 2.75) is 45.2 Å². The fourth-order valence-corrected chi connectivity index (χ4v) is 2.71. The maximum Gasteiger partial charge on any atom is 0.265 e. The van der Waals surface area contributed by atoms with Crippen LogP contribution in [0.25, 0.3) is 0 Å². The van der Waals surface area contributed by atoms with Gasteiger partial charge in [-0.05, 0) is 60.8 Å². The van der Waals surface area contributed by atoms with Gasteiger partial charge in [-0.2, -0.15) is 0 Å². The molecule has 1 aromatic rings. The Labute approximate surface area is 121 Å². The molecule has 0 radical (unpaired) electrons. The number of nitrogens with zero attached hydrogens (tertiary/aromatic N) is 1. The fourth-order valence-electron chi connectivity index (χ4n) is 2.46. The third-order valence-corrected chi connectivity index (χ3v) is 4.25. The Bertz CT molecular complexity index is 471. The molecule has 1 amide bonds. The molecule has 5 heteroatoms. The van der Waals surface area contributed by atoms with Crippen LogP contribution in [-0.4, -0.2) is 23.0 Å². The molecule has 1 aromatic carbocycles. The monoisotopic (exact) mass is 328 g/mol. The van der Waals surface area contributed by atoms with Gasteiger partial charge in [0, 0.05) is 17.6 Å². The van der Waals surface area contributed by atoms with Gasteiger partial charge in [0.25, 0.3) is 5.91 Å². The third kappa shape index (κ3) is 3.34. The number of nitrogens with one attached hydrogen (secondary N) is 1. The van der Waals surface area contributed by atoms with Crippen LogP contribution in [-0.2, 0) is 0 Å². The van der Waals surface area contributed by atoms with Gasteiger partial charge in [0.15, 0.2) is 0 Å². The highest BCUT2D eigenvalue weighted by Crippen LogP contribution is 2.21. The van der Waals surface area contributed by atoms with Crippen LogP contribution >= 0.6 is 15.9 Å². The Morgan fingerprint density at radius 3 is 2.58 bits per heavy atom. The van der Waals surface area contributed by atoms with Crippen LogP contribution in [0.1, 0.15) is 43.5 Å². The van der Waals surface area contributed by atoms with Crippen molar-refractivity contribution in [3.8, 4) is 0 Å². The first-order chi connectivity index (χ1) is 8.99. The van der Waals surface area contributed by atoms with Crippen LogP contribution in [0.3, 0.4) is 0 Å². The van der Waals surface area contributed by atoms with Gasteiger partial charge in [-0.1, -0.05) is 6.42 Å². The van der Waals surface area contributed by atoms with Gasteiger partial charge in [0.2, 0.25) is 0 Å². The molecule has 1 aliphatic rings. The number of piperidine rings is 1. The number of rotatable bonds is 2. The highest BCUT2D eigenvalue weighted by molar-refractivity contribution is 9.10. The van der Waals surface area contributed by atoms with Crippen molar-refractivity contribution < 1.29 is 9.18 Å². The lowest BCUT2D eigenvalue weighted by Crippen LogP contribution is -2.54. The van der Waals surface area contributed by atoms with Gasteiger partial charge in [-0.25, -0.2) is 9.40 Å². The van der Waals surface area contributed by atoms with E-state index in [0.29, 0.717) is 22.1 Å². The van der Waals surface area contributed by atoms with E-state index < -0.39 is 5.82 Å². The summed E-state index contributed by atoms with van der Waals surface area (Å²) in [6, 6.07) is 5.04. The minimum atomic E-state index is -0.424. The van der Waals surface area contributed by atoms with Crippen LogP contribution in [0.5, 0.6) is 0 Å². The van der Waals surface area contributed by atoms with Gasteiger partial charge in [-0.3, -0.25) is 10.2 Å². The average molecular weight is 329 g/mol. The average Bonchev–Trinajstić information content (AvgIpc) is 2.37. The summed E-state index contributed by atoms with van der Waals surface area (Å²) in [5.74, 6) is -0.681. The smallest absolute Gasteiger partial charge is 0.265 e. The van der Waals surface area contributed by atoms with Crippen molar-refractivity contribution >= 4 is 21.8 Å². The van der Waals surface area contributed by atoms with Crippen LogP contribution in [0.4, 0.5) is 4.39 Å². The predicted octanol–water partition coefficient (Wildman–Crippen LogP) is 3.50. The predicted molar refractivity (Wildman–Crippen MR) is 76.2 cm³/mol. The number of amides is 1. The Morgan fingerprint density at radius 2 is 2.00 bits per heavy atom.